The molecule has 0 aliphatic heterocycles. The van der Waals surface area contributed by atoms with Crippen molar-refractivity contribution >= 4 is 17.6 Å². The highest BCUT2D eigenvalue weighted by molar-refractivity contribution is 6.31. The van der Waals surface area contributed by atoms with Gasteiger partial charge in [0.25, 0.3) is 0 Å². The third kappa shape index (κ3) is 2.92. The summed E-state index contributed by atoms with van der Waals surface area (Å²) in [6, 6.07) is 6.25. The van der Waals surface area contributed by atoms with E-state index in [0.717, 1.165) is 0 Å². The lowest BCUT2D eigenvalue weighted by molar-refractivity contribution is 0.0694. The smallest absolute Gasteiger partial charge is 0.339 e. The van der Waals surface area contributed by atoms with Gasteiger partial charge < -0.3 is 14.6 Å². The first-order valence-electron chi connectivity index (χ1n) is 5.18. The van der Waals surface area contributed by atoms with Crippen LogP contribution in [0.25, 0.3) is 0 Å². The molecule has 0 aliphatic rings. The van der Waals surface area contributed by atoms with Gasteiger partial charge in [0.05, 0.1) is 13.3 Å². The Bertz CT molecular complexity index is 618. The summed E-state index contributed by atoms with van der Waals surface area (Å²) in [5, 5.41) is 9.20. The van der Waals surface area contributed by atoms with Crippen LogP contribution in [0.4, 0.5) is 0 Å². The number of hydrogen-bond acceptors (Lipinski definition) is 5. The normalized spacial score (nSPS) is 10.0. The second-order valence-electron chi connectivity index (χ2n) is 3.41. The number of para-hydroxylation sites is 1. The molecule has 0 atom stereocenters. The number of rotatable bonds is 4. The highest BCUT2D eigenvalue weighted by Crippen LogP contribution is 2.30. The minimum atomic E-state index is -1.10. The molecule has 7 heteroatoms. The van der Waals surface area contributed by atoms with Gasteiger partial charge in [-0.1, -0.05) is 23.7 Å². The fourth-order valence-corrected chi connectivity index (χ4v) is 1.47. The molecule has 0 unspecified atom stereocenters. The van der Waals surface area contributed by atoms with E-state index < -0.39 is 5.97 Å². The predicted molar refractivity (Wildman–Crippen MR) is 67.1 cm³/mol. The van der Waals surface area contributed by atoms with E-state index in [1.54, 1.807) is 12.1 Å². The average molecular weight is 281 g/mol. The molecule has 98 valence electrons. The zero-order valence-electron chi connectivity index (χ0n) is 9.83. The molecule has 1 heterocycles. The Hall–Kier alpha value is -2.34. The number of carbonyl (C=O) groups is 1. The van der Waals surface area contributed by atoms with Crippen LogP contribution in [0.2, 0.25) is 5.02 Å². The molecule has 0 saturated heterocycles. The van der Waals surface area contributed by atoms with Crippen molar-refractivity contribution in [2.24, 2.45) is 0 Å². The molecule has 0 radical (unpaired) electrons. The van der Waals surface area contributed by atoms with Crippen LogP contribution in [-0.4, -0.2) is 28.2 Å². The van der Waals surface area contributed by atoms with Crippen molar-refractivity contribution in [3.8, 4) is 17.6 Å². The lowest BCUT2D eigenvalue weighted by Gasteiger charge is -2.09. The number of halogens is 1. The summed E-state index contributed by atoms with van der Waals surface area (Å²) in [4.78, 5) is 18.8. The van der Waals surface area contributed by atoms with Gasteiger partial charge in [-0.05, 0) is 12.1 Å². The first-order valence-corrected chi connectivity index (χ1v) is 5.56. The van der Waals surface area contributed by atoms with E-state index >= 15 is 0 Å². The van der Waals surface area contributed by atoms with Gasteiger partial charge >= 0.3 is 12.0 Å². The van der Waals surface area contributed by atoms with Crippen molar-refractivity contribution < 1.29 is 19.4 Å². The van der Waals surface area contributed by atoms with E-state index in [1.165, 1.54) is 25.4 Å². The highest BCUT2D eigenvalue weighted by Gasteiger charge is 2.14. The summed E-state index contributed by atoms with van der Waals surface area (Å²) >= 11 is 5.88. The van der Waals surface area contributed by atoms with Crippen molar-refractivity contribution in [3.05, 3.63) is 41.0 Å². The molecule has 19 heavy (non-hydrogen) atoms. The summed E-state index contributed by atoms with van der Waals surface area (Å²) in [5.41, 5.74) is 0.0103. The number of methoxy groups -OCH3 is 1. The van der Waals surface area contributed by atoms with Crippen LogP contribution in [0.15, 0.2) is 30.5 Å². The summed E-state index contributed by atoms with van der Waals surface area (Å²) < 4.78 is 10.2. The summed E-state index contributed by atoms with van der Waals surface area (Å²) in [7, 11) is 1.40. The molecule has 6 nitrogen and oxygen atoms in total. The molecule has 0 spiro atoms. The number of ether oxygens (including phenoxy) is 2. The SMILES string of the molecule is COc1ncc(Cl)c(Oc2ccccc2C(=O)O)n1. The Morgan fingerprint density at radius 2 is 2.11 bits per heavy atom. The molecule has 0 saturated carbocycles. The number of aromatic carboxylic acids is 1. The molecular weight excluding hydrogens is 272 g/mol. The first-order chi connectivity index (χ1) is 9.11. The van der Waals surface area contributed by atoms with Crippen LogP contribution in [0.5, 0.6) is 17.6 Å². The minimum absolute atomic E-state index is 0.0103. The van der Waals surface area contributed by atoms with E-state index in [2.05, 4.69) is 9.97 Å². The summed E-state index contributed by atoms with van der Waals surface area (Å²) in [6.45, 7) is 0. The molecule has 1 N–H and O–H groups in total. The fourth-order valence-electron chi connectivity index (χ4n) is 1.34. The number of aromatic nitrogens is 2. The molecule has 0 bridgehead atoms. The van der Waals surface area contributed by atoms with E-state index in [9.17, 15) is 4.79 Å². The Kier molecular flexibility index (Phi) is 3.82. The maximum absolute atomic E-state index is 11.0. The van der Waals surface area contributed by atoms with Gasteiger partial charge in [-0.2, -0.15) is 4.98 Å². The van der Waals surface area contributed by atoms with E-state index in [1.807, 2.05) is 0 Å². The second kappa shape index (κ2) is 5.53. The Morgan fingerprint density at radius 3 is 2.79 bits per heavy atom. The molecule has 1 aromatic heterocycles. The monoisotopic (exact) mass is 280 g/mol. The van der Waals surface area contributed by atoms with Crippen molar-refractivity contribution in [2.75, 3.05) is 7.11 Å². The maximum atomic E-state index is 11.0. The van der Waals surface area contributed by atoms with Crippen molar-refractivity contribution in [2.45, 2.75) is 0 Å². The predicted octanol–water partition coefficient (Wildman–Crippen LogP) is 2.63. The quantitative estimate of drug-likeness (QED) is 0.927. The van der Waals surface area contributed by atoms with Gasteiger partial charge in [0, 0.05) is 0 Å². The Balaban J connectivity index is 2.38. The molecule has 0 fully saturated rings. The zero-order chi connectivity index (χ0) is 13.8. The Labute approximate surface area is 113 Å². The van der Waals surface area contributed by atoms with Crippen molar-refractivity contribution in [3.63, 3.8) is 0 Å². The molecule has 0 amide bonds. The average Bonchev–Trinajstić information content (AvgIpc) is 2.41. The van der Waals surface area contributed by atoms with Gasteiger partial charge in [0.15, 0.2) is 0 Å². The van der Waals surface area contributed by atoms with Gasteiger partial charge in [-0.25, -0.2) is 9.78 Å². The van der Waals surface area contributed by atoms with E-state index in [-0.39, 0.29) is 28.2 Å². The van der Waals surface area contributed by atoms with Gasteiger partial charge in [-0.3, -0.25) is 0 Å². The minimum Gasteiger partial charge on any atom is -0.478 e. The lowest BCUT2D eigenvalue weighted by atomic mass is 10.2. The summed E-state index contributed by atoms with van der Waals surface area (Å²) in [6.07, 6.45) is 1.31. The van der Waals surface area contributed by atoms with Crippen LogP contribution < -0.4 is 9.47 Å². The highest BCUT2D eigenvalue weighted by atomic mass is 35.5. The van der Waals surface area contributed by atoms with Gasteiger partial charge in [0.2, 0.25) is 5.88 Å². The zero-order valence-corrected chi connectivity index (χ0v) is 10.6. The summed E-state index contributed by atoms with van der Waals surface area (Å²) in [5.74, 6) is -0.937. The number of hydrogen-bond donors (Lipinski definition) is 1. The van der Waals surface area contributed by atoms with Crippen molar-refractivity contribution in [1.82, 2.24) is 9.97 Å². The topological polar surface area (TPSA) is 81.5 Å². The standard InChI is InChI=1S/C12H9ClN2O4/c1-18-12-14-6-8(13)10(15-12)19-9-5-3-2-4-7(9)11(16)17/h2-6H,1H3,(H,16,17). The largest absolute Gasteiger partial charge is 0.478 e. The lowest BCUT2D eigenvalue weighted by Crippen LogP contribution is -2.01. The van der Waals surface area contributed by atoms with E-state index in [0.29, 0.717) is 0 Å². The van der Waals surface area contributed by atoms with Gasteiger partial charge in [0.1, 0.15) is 16.3 Å². The van der Waals surface area contributed by atoms with E-state index in [4.69, 9.17) is 26.2 Å². The van der Waals surface area contributed by atoms with Gasteiger partial charge in [-0.15, -0.1) is 0 Å². The van der Waals surface area contributed by atoms with Crippen LogP contribution in [0.3, 0.4) is 0 Å². The molecule has 0 aliphatic carbocycles. The van der Waals surface area contributed by atoms with Crippen molar-refractivity contribution in [1.29, 1.82) is 0 Å². The number of nitrogens with zero attached hydrogens (tertiary/aromatic N) is 2. The number of carboxylic acids is 1. The molecule has 1 aromatic carbocycles. The van der Waals surface area contributed by atoms with Crippen LogP contribution >= 0.6 is 11.6 Å². The molecule has 2 aromatic rings. The molecular formula is C12H9ClN2O4. The molecule has 2 rings (SSSR count). The third-order valence-corrected chi connectivity index (χ3v) is 2.46. The Morgan fingerprint density at radius 1 is 1.37 bits per heavy atom. The second-order valence-corrected chi connectivity index (χ2v) is 3.82. The van der Waals surface area contributed by atoms with Crippen LogP contribution in [0, 0.1) is 0 Å². The number of benzene rings is 1. The fraction of sp³-hybridized carbons (Fsp3) is 0.0833. The first kappa shape index (κ1) is 13.1. The third-order valence-electron chi connectivity index (χ3n) is 2.20. The van der Waals surface area contributed by atoms with Crippen LogP contribution in [-0.2, 0) is 0 Å². The van der Waals surface area contributed by atoms with Crippen LogP contribution in [0.1, 0.15) is 10.4 Å². The maximum Gasteiger partial charge on any atom is 0.339 e. The number of carboxylic acid groups (broad SMARTS) is 1.